The van der Waals surface area contributed by atoms with Crippen LogP contribution in [-0.2, 0) is 0 Å². The highest BCUT2D eigenvalue weighted by Crippen LogP contribution is 2.21. The lowest BCUT2D eigenvalue weighted by Crippen LogP contribution is -2.28. The Balaban J connectivity index is 2.04. The van der Waals surface area contributed by atoms with E-state index in [2.05, 4.69) is 31.5 Å². The first kappa shape index (κ1) is 15.1. The van der Waals surface area contributed by atoms with Crippen molar-refractivity contribution >= 4 is 39.0 Å². The molecule has 2 aromatic rings. The second kappa shape index (κ2) is 6.43. The van der Waals surface area contributed by atoms with Crippen LogP contribution in [-0.4, -0.2) is 16.4 Å². The number of nitrogens with zero attached hydrogens (tertiary/aromatic N) is 1. The largest absolute Gasteiger partial charge is 0.357 e. The maximum absolute atomic E-state index is 10.0. The summed E-state index contributed by atoms with van der Waals surface area (Å²) in [5.41, 5.74) is 2.62. The summed E-state index contributed by atoms with van der Waals surface area (Å²) in [7, 11) is 0. The first-order valence-electron chi connectivity index (χ1n) is 6.06. The number of anilines is 2. The van der Waals surface area contributed by atoms with Gasteiger partial charge < -0.3 is 15.7 Å². The fraction of sp³-hybridized carbons (Fsp3) is 0.214. The summed E-state index contributed by atoms with van der Waals surface area (Å²) in [5, 5.41) is 16.5. The van der Waals surface area contributed by atoms with Crippen molar-refractivity contribution in [3.63, 3.8) is 0 Å². The number of nitrogens with one attached hydrogen (secondary N) is 2. The van der Waals surface area contributed by atoms with Crippen LogP contribution >= 0.6 is 27.5 Å². The number of halogens is 2. The standard InChI is InChI=1S/C14H15BrClN3O/c1-8-7-10(16)3-5-12(8)18-14(20)19-13-6-4-11(15)9(2)17-13/h3-7,14,18,20H,1-2H3,(H,17,19). The predicted octanol–water partition coefficient (Wildman–Crippen LogP) is 3.91. The Morgan fingerprint density at radius 1 is 1.20 bits per heavy atom. The van der Waals surface area contributed by atoms with E-state index in [1.807, 2.05) is 32.0 Å². The summed E-state index contributed by atoms with van der Waals surface area (Å²) in [6, 6.07) is 9.09. The van der Waals surface area contributed by atoms with Crippen LogP contribution in [0.4, 0.5) is 11.5 Å². The number of aromatic nitrogens is 1. The van der Waals surface area contributed by atoms with Crippen LogP contribution in [0.1, 0.15) is 11.3 Å². The van der Waals surface area contributed by atoms with Crippen LogP contribution in [0.3, 0.4) is 0 Å². The van der Waals surface area contributed by atoms with Crippen LogP contribution in [0, 0.1) is 13.8 Å². The van der Waals surface area contributed by atoms with Gasteiger partial charge in [0.1, 0.15) is 5.82 Å². The van der Waals surface area contributed by atoms with Crippen LogP contribution in [0.25, 0.3) is 0 Å². The number of aliphatic hydroxyl groups is 1. The third kappa shape index (κ3) is 3.85. The van der Waals surface area contributed by atoms with Crippen LogP contribution in [0.2, 0.25) is 5.02 Å². The quantitative estimate of drug-likeness (QED) is 0.727. The van der Waals surface area contributed by atoms with Gasteiger partial charge in [-0.05, 0) is 65.7 Å². The number of hydrogen-bond donors (Lipinski definition) is 3. The van der Waals surface area contributed by atoms with Gasteiger partial charge in [0.05, 0.1) is 5.69 Å². The Kier molecular flexibility index (Phi) is 4.86. The second-order valence-corrected chi connectivity index (χ2v) is 5.70. The lowest BCUT2D eigenvalue weighted by atomic mass is 10.2. The summed E-state index contributed by atoms with van der Waals surface area (Å²) >= 11 is 9.28. The zero-order valence-electron chi connectivity index (χ0n) is 11.1. The molecular weight excluding hydrogens is 342 g/mol. The van der Waals surface area contributed by atoms with E-state index < -0.39 is 6.35 Å². The van der Waals surface area contributed by atoms with Crippen molar-refractivity contribution in [1.82, 2.24) is 4.98 Å². The molecule has 0 amide bonds. The molecule has 0 fully saturated rings. The first-order valence-corrected chi connectivity index (χ1v) is 7.23. The van der Waals surface area contributed by atoms with Crippen LogP contribution in [0.5, 0.6) is 0 Å². The number of benzene rings is 1. The maximum atomic E-state index is 10.0. The summed E-state index contributed by atoms with van der Waals surface area (Å²) in [6.45, 7) is 3.81. The molecule has 1 aromatic carbocycles. The fourth-order valence-corrected chi connectivity index (χ4v) is 2.18. The van der Waals surface area contributed by atoms with Gasteiger partial charge in [0, 0.05) is 15.2 Å². The molecule has 1 unspecified atom stereocenters. The van der Waals surface area contributed by atoms with E-state index in [0.29, 0.717) is 10.8 Å². The van der Waals surface area contributed by atoms with Crippen molar-refractivity contribution in [1.29, 1.82) is 0 Å². The number of pyridine rings is 1. The smallest absolute Gasteiger partial charge is 0.204 e. The van der Waals surface area contributed by atoms with E-state index in [1.165, 1.54) is 0 Å². The highest BCUT2D eigenvalue weighted by atomic mass is 79.9. The molecule has 3 N–H and O–H groups in total. The Morgan fingerprint density at radius 3 is 2.60 bits per heavy atom. The highest BCUT2D eigenvalue weighted by Gasteiger charge is 2.07. The third-order valence-corrected chi connectivity index (χ3v) is 3.86. The molecule has 0 saturated heterocycles. The minimum atomic E-state index is -0.942. The van der Waals surface area contributed by atoms with Crippen molar-refractivity contribution in [3.05, 3.63) is 51.1 Å². The van der Waals surface area contributed by atoms with Gasteiger partial charge in [0.15, 0.2) is 0 Å². The highest BCUT2D eigenvalue weighted by molar-refractivity contribution is 9.10. The molecule has 20 heavy (non-hydrogen) atoms. The number of aryl methyl sites for hydroxylation is 2. The van der Waals surface area contributed by atoms with E-state index in [4.69, 9.17) is 11.6 Å². The number of aliphatic hydroxyl groups excluding tert-OH is 1. The molecule has 0 bridgehead atoms. The van der Waals surface area contributed by atoms with Gasteiger partial charge in [-0.1, -0.05) is 11.6 Å². The normalized spacial score (nSPS) is 12.1. The average molecular weight is 357 g/mol. The van der Waals surface area contributed by atoms with Gasteiger partial charge in [-0.2, -0.15) is 0 Å². The zero-order chi connectivity index (χ0) is 14.7. The summed E-state index contributed by atoms with van der Waals surface area (Å²) in [6.07, 6.45) is -0.942. The van der Waals surface area contributed by atoms with Gasteiger partial charge in [0.25, 0.3) is 0 Å². The van der Waals surface area contributed by atoms with Crippen LogP contribution < -0.4 is 10.6 Å². The molecule has 0 aliphatic rings. The SMILES string of the molecule is Cc1cc(Cl)ccc1NC(O)Nc1ccc(Br)c(C)n1. The van der Waals surface area contributed by atoms with Crippen molar-refractivity contribution in [3.8, 4) is 0 Å². The summed E-state index contributed by atoms with van der Waals surface area (Å²) in [5.74, 6) is 0.595. The predicted molar refractivity (Wildman–Crippen MR) is 86.1 cm³/mol. The topological polar surface area (TPSA) is 57.2 Å². The third-order valence-electron chi connectivity index (χ3n) is 2.79. The van der Waals surface area contributed by atoms with Gasteiger partial charge in [-0.15, -0.1) is 0 Å². The Labute approximate surface area is 131 Å². The zero-order valence-corrected chi connectivity index (χ0v) is 13.5. The number of hydrogen-bond acceptors (Lipinski definition) is 4. The van der Waals surface area contributed by atoms with E-state index in [9.17, 15) is 5.11 Å². The molecule has 0 aliphatic carbocycles. The molecule has 1 atom stereocenters. The molecule has 4 nitrogen and oxygen atoms in total. The monoisotopic (exact) mass is 355 g/mol. The van der Waals surface area contributed by atoms with Crippen LogP contribution in [0.15, 0.2) is 34.8 Å². The maximum Gasteiger partial charge on any atom is 0.204 e. The Bertz CT molecular complexity index is 621. The van der Waals surface area contributed by atoms with Crippen molar-refractivity contribution in [2.24, 2.45) is 0 Å². The Morgan fingerprint density at radius 2 is 1.95 bits per heavy atom. The first-order chi connectivity index (χ1) is 9.45. The van der Waals surface area contributed by atoms with Gasteiger partial charge in [0.2, 0.25) is 6.35 Å². The summed E-state index contributed by atoms with van der Waals surface area (Å²) in [4.78, 5) is 4.31. The minimum Gasteiger partial charge on any atom is -0.357 e. The molecule has 0 spiro atoms. The van der Waals surface area contributed by atoms with Crippen molar-refractivity contribution in [2.45, 2.75) is 20.2 Å². The van der Waals surface area contributed by atoms with E-state index in [0.717, 1.165) is 21.4 Å². The van der Waals surface area contributed by atoms with E-state index in [-0.39, 0.29) is 0 Å². The Hall–Kier alpha value is -1.30. The molecule has 1 aromatic heterocycles. The molecule has 6 heteroatoms. The number of rotatable bonds is 4. The summed E-state index contributed by atoms with van der Waals surface area (Å²) < 4.78 is 0.930. The van der Waals surface area contributed by atoms with Crippen molar-refractivity contribution < 1.29 is 5.11 Å². The lowest BCUT2D eigenvalue weighted by Gasteiger charge is -2.18. The van der Waals surface area contributed by atoms with E-state index in [1.54, 1.807) is 12.1 Å². The molecule has 0 aliphatic heterocycles. The molecule has 106 valence electrons. The fourth-order valence-electron chi connectivity index (χ4n) is 1.74. The molecule has 1 heterocycles. The van der Waals surface area contributed by atoms with Crippen molar-refractivity contribution in [2.75, 3.05) is 10.6 Å². The minimum absolute atomic E-state index is 0.595. The average Bonchev–Trinajstić information content (AvgIpc) is 2.37. The molecule has 0 radical (unpaired) electrons. The van der Waals surface area contributed by atoms with Gasteiger partial charge in [-0.3, -0.25) is 0 Å². The van der Waals surface area contributed by atoms with Gasteiger partial charge in [-0.25, -0.2) is 4.98 Å². The van der Waals surface area contributed by atoms with E-state index >= 15 is 0 Å². The molecular formula is C14H15BrClN3O. The molecule has 2 rings (SSSR count). The van der Waals surface area contributed by atoms with Gasteiger partial charge >= 0.3 is 0 Å². The second-order valence-electron chi connectivity index (χ2n) is 4.41. The molecule has 0 saturated carbocycles. The lowest BCUT2D eigenvalue weighted by molar-refractivity contribution is 0.232.